The van der Waals surface area contributed by atoms with E-state index >= 15 is 0 Å². The molecule has 2 rings (SSSR count). The van der Waals surface area contributed by atoms with Crippen LogP contribution in [0.25, 0.3) is 0 Å². The third kappa shape index (κ3) is 6.37. The molecule has 0 bridgehead atoms. The van der Waals surface area contributed by atoms with Gasteiger partial charge in [0, 0.05) is 25.4 Å². The lowest BCUT2D eigenvalue weighted by Gasteiger charge is -2.12. The van der Waals surface area contributed by atoms with Gasteiger partial charge in [0.05, 0.1) is 6.54 Å². The second kappa shape index (κ2) is 10.6. The van der Waals surface area contributed by atoms with Crippen LogP contribution in [0.3, 0.4) is 0 Å². The number of guanidine groups is 1. The Morgan fingerprint density at radius 1 is 1.23 bits per heavy atom. The molecule has 2 N–H and O–H groups in total. The number of aromatic nitrogens is 1. The maximum absolute atomic E-state index is 5.86. The van der Waals surface area contributed by atoms with E-state index in [-0.39, 0.29) is 24.0 Å². The minimum atomic E-state index is 0. The van der Waals surface area contributed by atoms with E-state index in [1.54, 1.807) is 0 Å². The highest BCUT2D eigenvalue weighted by Crippen LogP contribution is 2.22. The molecule has 1 heterocycles. The Morgan fingerprint density at radius 2 is 1.91 bits per heavy atom. The number of halogens is 1. The van der Waals surface area contributed by atoms with Crippen molar-refractivity contribution in [1.29, 1.82) is 0 Å². The van der Waals surface area contributed by atoms with Crippen LogP contribution in [0.15, 0.2) is 23.3 Å². The highest BCUT2D eigenvalue weighted by molar-refractivity contribution is 14.0. The van der Waals surface area contributed by atoms with Crippen LogP contribution in [-0.4, -0.2) is 30.1 Å². The Kier molecular flexibility index (Phi) is 9.19. The van der Waals surface area contributed by atoms with Gasteiger partial charge in [0.25, 0.3) is 0 Å². The van der Waals surface area contributed by atoms with Crippen LogP contribution in [0.5, 0.6) is 5.88 Å². The lowest BCUT2D eigenvalue weighted by atomic mass is 10.3. The van der Waals surface area contributed by atoms with E-state index in [0.717, 1.165) is 43.3 Å². The molecule has 124 valence electrons. The van der Waals surface area contributed by atoms with Crippen LogP contribution in [0.2, 0.25) is 0 Å². The SMILES string of the molecule is CCNC(=NCc1ccc(OC2CCCC2)nc1)NCC.I. The minimum absolute atomic E-state index is 0. The standard InChI is InChI=1S/C16H26N4O.HI/c1-3-17-16(18-4-2)20-12-13-9-10-15(19-11-13)21-14-7-5-6-8-14;/h9-11,14H,3-8,12H2,1-2H3,(H2,17,18,20);1H. The molecule has 1 aromatic rings. The van der Waals surface area contributed by atoms with Crippen molar-refractivity contribution in [3.8, 4) is 5.88 Å². The second-order valence-corrected chi connectivity index (χ2v) is 5.25. The molecule has 0 amide bonds. The summed E-state index contributed by atoms with van der Waals surface area (Å²) in [6, 6.07) is 3.99. The Balaban J connectivity index is 0.00000242. The first-order chi connectivity index (χ1) is 10.3. The van der Waals surface area contributed by atoms with E-state index < -0.39 is 0 Å². The van der Waals surface area contributed by atoms with Crippen molar-refractivity contribution in [2.45, 2.75) is 52.2 Å². The first kappa shape index (κ1) is 19.0. The normalized spacial score (nSPS) is 14.1. The van der Waals surface area contributed by atoms with Crippen LogP contribution in [0.1, 0.15) is 45.1 Å². The van der Waals surface area contributed by atoms with E-state index in [2.05, 4.69) is 34.5 Å². The fourth-order valence-electron chi connectivity index (χ4n) is 2.43. The zero-order chi connectivity index (χ0) is 14.9. The van der Waals surface area contributed by atoms with Gasteiger partial charge in [0.2, 0.25) is 5.88 Å². The summed E-state index contributed by atoms with van der Waals surface area (Å²) >= 11 is 0. The van der Waals surface area contributed by atoms with Crippen molar-refractivity contribution in [3.05, 3.63) is 23.9 Å². The second-order valence-electron chi connectivity index (χ2n) is 5.25. The Bertz CT molecular complexity index is 436. The van der Waals surface area contributed by atoms with Gasteiger partial charge in [0.1, 0.15) is 6.10 Å². The monoisotopic (exact) mass is 418 g/mol. The summed E-state index contributed by atoms with van der Waals surface area (Å²) in [7, 11) is 0. The van der Waals surface area contributed by atoms with Gasteiger partial charge in [-0.2, -0.15) is 0 Å². The molecule has 0 radical (unpaired) electrons. The number of nitrogens with one attached hydrogen (secondary N) is 2. The van der Waals surface area contributed by atoms with Gasteiger partial charge >= 0.3 is 0 Å². The molecule has 0 aromatic carbocycles. The van der Waals surface area contributed by atoms with Crippen LogP contribution in [0.4, 0.5) is 0 Å². The lowest BCUT2D eigenvalue weighted by Crippen LogP contribution is -2.36. The molecule has 6 heteroatoms. The molecule has 0 unspecified atom stereocenters. The number of nitrogens with zero attached hydrogens (tertiary/aromatic N) is 2. The first-order valence-electron chi connectivity index (χ1n) is 7.95. The molecular weight excluding hydrogens is 391 g/mol. The molecule has 1 aliphatic rings. The summed E-state index contributed by atoms with van der Waals surface area (Å²) in [6.07, 6.45) is 7.06. The van der Waals surface area contributed by atoms with Crippen LogP contribution in [0, 0.1) is 0 Å². The lowest BCUT2D eigenvalue weighted by molar-refractivity contribution is 0.201. The van der Waals surface area contributed by atoms with Crippen molar-refractivity contribution in [3.63, 3.8) is 0 Å². The third-order valence-corrected chi connectivity index (χ3v) is 3.50. The number of hydrogen-bond donors (Lipinski definition) is 2. The minimum Gasteiger partial charge on any atom is -0.474 e. The fourth-order valence-corrected chi connectivity index (χ4v) is 2.43. The van der Waals surface area contributed by atoms with Gasteiger partial charge in [-0.3, -0.25) is 0 Å². The van der Waals surface area contributed by atoms with Crippen LogP contribution in [-0.2, 0) is 6.54 Å². The summed E-state index contributed by atoms with van der Waals surface area (Å²) in [6.45, 7) is 6.45. The zero-order valence-corrected chi connectivity index (χ0v) is 15.8. The molecule has 0 atom stereocenters. The van der Waals surface area contributed by atoms with Gasteiger partial charge in [-0.25, -0.2) is 9.98 Å². The molecule has 0 aliphatic heterocycles. The van der Waals surface area contributed by atoms with Gasteiger partial charge in [-0.15, -0.1) is 24.0 Å². The van der Waals surface area contributed by atoms with E-state index in [9.17, 15) is 0 Å². The molecule has 5 nitrogen and oxygen atoms in total. The maximum Gasteiger partial charge on any atom is 0.213 e. The Morgan fingerprint density at radius 3 is 2.45 bits per heavy atom. The smallest absolute Gasteiger partial charge is 0.213 e. The maximum atomic E-state index is 5.86. The topological polar surface area (TPSA) is 58.5 Å². The number of pyridine rings is 1. The molecule has 22 heavy (non-hydrogen) atoms. The molecular formula is C16H27IN4O. The van der Waals surface area contributed by atoms with Crippen LogP contribution < -0.4 is 15.4 Å². The average molecular weight is 418 g/mol. The van der Waals surface area contributed by atoms with Crippen molar-refractivity contribution in [2.75, 3.05) is 13.1 Å². The summed E-state index contributed by atoms with van der Waals surface area (Å²) in [5, 5.41) is 6.41. The molecule has 1 saturated carbocycles. The molecule has 1 aromatic heterocycles. The predicted octanol–water partition coefficient (Wildman–Crippen LogP) is 3.10. The van der Waals surface area contributed by atoms with E-state index in [1.165, 1.54) is 12.8 Å². The highest BCUT2D eigenvalue weighted by atomic mass is 127. The highest BCUT2D eigenvalue weighted by Gasteiger charge is 2.16. The molecule has 1 aliphatic carbocycles. The summed E-state index contributed by atoms with van der Waals surface area (Å²) < 4.78 is 5.86. The van der Waals surface area contributed by atoms with Gasteiger partial charge < -0.3 is 15.4 Å². The van der Waals surface area contributed by atoms with E-state index in [1.807, 2.05) is 18.3 Å². The van der Waals surface area contributed by atoms with Gasteiger partial charge in [-0.05, 0) is 45.1 Å². The van der Waals surface area contributed by atoms with E-state index in [4.69, 9.17) is 4.74 Å². The first-order valence-corrected chi connectivity index (χ1v) is 7.95. The fraction of sp³-hybridized carbons (Fsp3) is 0.625. The van der Waals surface area contributed by atoms with Crippen molar-refractivity contribution < 1.29 is 4.74 Å². The number of ether oxygens (including phenoxy) is 1. The van der Waals surface area contributed by atoms with Crippen LogP contribution >= 0.6 is 24.0 Å². The summed E-state index contributed by atoms with van der Waals surface area (Å²) in [5.74, 6) is 1.57. The van der Waals surface area contributed by atoms with Gasteiger partial charge in [-0.1, -0.05) is 6.07 Å². The number of aliphatic imine (C=N–C) groups is 1. The zero-order valence-electron chi connectivity index (χ0n) is 13.5. The summed E-state index contributed by atoms with van der Waals surface area (Å²) in [5.41, 5.74) is 1.09. The quantitative estimate of drug-likeness (QED) is 0.424. The molecule has 1 fully saturated rings. The number of hydrogen-bond acceptors (Lipinski definition) is 3. The third-order valence-electron chi connectivity index (χ3n) is 3.50. The summed E-state index contributed by atoms with van der Waals surface area (Å²) in [4.78, 5) is 8.90. The van der Waals surface area contributed by atoms with E-state index in [0.29, 0.717) is 12.6 Å². The van der Waals surface area contributed by atoms with Crippen molar-refractivity contribution in [1.82, 2.24) is 15.6 Å². The van der Waals surface area contributed by atoms with Gasteiger partial charge in [0.15, 0.2) is 5.96 Å². The van der Waals surface area contributed by atoms with Crippen molar-refractivity contribution >= 4 is 29.9 Å². The molecule has 0 spiro atoms. The Labute approximate surface area is 150 Å². The average Bonchev–Trinajstić information content (AvgIpc) is 3.00. The Hall–Kier alpha value is -1.05. The number of rotatable bonds is 6. The molecule has 0 saturated heterocycles. The predicted molar refractivity (Wildman–Crippen MR) is 101 cm³/mol. The largest absolute Gasteiger partial charge is 0.474 e. The van der Waals surface area contributed by atoms with Crippen molar-refractivity contribution in [2.24, 2.45) is 4.99 Å².